The topological polar surface area (TPSA) is 41.6 Å². The summed E-state index contributed by atoms with van der Waals surface area (Å²) in [5, 5.41) is 2.70. The molecule has 0 aliphatic carbocycles. The van der Waals surface area contributed by atoms with Gasteiger partial charge in [0.1, 0.15) is 0 Å². The summed E-state index contributed by atoms with van der Waals surface area (Å²) in [6.45, 7) is 6.46. The van der Waals surface area contributed by atoms with E-state index in [0.29, 0.717) is 6.54 Å². The zero-order chi connectivity index (χ0) is 12.0. The van der Waals surface area contributed by atoms with Gasteiger partial charge < -0.3 is 10.1 Å². The van der Waals surface area contributed by atoms with Crippen LogP contribution in [0.5, 0.6) is 0 Å². The van der Waals surface area contributed by atoms with E-state index >= 15 is 0 Å². The number of hydrogen-bond acceptors (Lipinski definition) is 3. The van der Waals surface area contributed by atoms with E-state index in [2.05, 4.69) is 28.8 Å². The van der Waals surface area contributed by atoms with E-state index in [1.807, 2.05) is 0 Å². The number of methoxy groups -OCH3 is 1. The first kappa shape index (κ1) is 13.3. The number of rotatable bonds is 5. The smallest absolute Gasteiger partial charge is 0.406 e. The van der Waals surface area contributed by atoms with E-state index in [-0.39, 0.29) is 6.09 Å². The Balaban J connectivity index is 2.04. The Bertz CT molecular complexity index is 211. The predicted molar refractivity (Wildman–Crippen MR) is 64.5 cm³/mol. The van der Waals surface area contributed by atoms with Gasteiger partial charge in [0, 0.05) is 18.6 Å². The highest BCUT2D eigenvalue weighted by Gasteiger charge is 2.26. The van der Waals surface area contributed by atoms with Crippen LogP contribution in [0, 0.1) is 0 Å². The molecule has 2 atom stereocenters. The molecule has 1 N–H and O–H groups in total. The average molecular weight is 228 g/mol. The van der Waals surface area contributed by atoms with Crippen LogP contribution in [-0.4, -0.2) is 43.3 Å². The summed E-state index contributed by atoms with van der Waals surface area (Å²) in [4.78, 5) is 13.4. The molecule has 0 aromatic heterocycles. The van der Waals surface area contributed by atoms with Gasteiger partial charge in [0.2, 0.25) is 0 Å². The van der Waals surface area contributed by atoms with Crippen LogP contribution in [0.3, 0.4) is 0 Å². The molecule has 0 aromatic rings. The van der Waals surface area contributed by atoms with Crippen molar-refractivity contribution in [2.24, 2.45) is 0 Å². The van der Waals surface area contributed by atoms with Crippen molar-refractivity contribution in [3.63, 3.8) is 0 Å². The number of alkyl carbamates (subject to hydrolysis) is 1. The SMILES string of the molecule is COC(=O)NCCCCN1[C@H](C)CC[C@@H]1C. The number of ether oxygens (including phenoxy) is 1. The van der Waals surface area contributed by atoms with E-state index in [1.165, 1.54) is 20.0 Å². The van der Waals surface area contributed by atoms with Crippen molar-refractivity contribution in [1.29, 1.82) is 0 Å². The minimum Gasteiger partial charge on any atom is -0.453 e. The van der Waals surface area contributed by atoms with Gasteiger partial charge in [-0.15, -0.1) is 0 Å². The zero-order valence-electron chi connectivity index (χ0n) is 10.7. The van der Waals surface area contributed by atoms with Gasteiger partial charge in [-0.1, -0.05) is 0 Å². The summed E-state index contributed by atoms with van der Waals surface area (Å²) < 4.78 is 4.50. The molecule has 0 aromatic carbocycles. The summed E-state index contributed by atoms with van der Waals surface area (Å²) in [6, 6.07) is 1.45. The third kappa shape index (κ3) is 4.00. The number of nitrogens with one attached hydrogen (secondary N) is 1. The molecular weight excluding hydrogens is 204 g/mol. The Labute approximate surface area is 98.3 Å². The summed E-state index contributed by atoms with van der Waals surface area (Å²) in [6.07, 6.45) is 4.47. The minimum atomic E-state index is -0.331. The highest BCUT2D eigenvalue weighted by molar-refractivity contribution is 5.66. The summed E-state index contributed by atoms with van der Waals surface area (Å²) in [5.74, 6) is 0. The summed E-state index contributed by atoms with van der Waals surface area (Å²) in [7, 11) is 1.39. The van der Waals surface area contributed by atoms with Crippen molar-refractivity contribution >= 4 is 6.09 Å². The molecule has 1 amide bonds. The number of amides is 1. The lowest BCUT2D eigenvalue weighted by Gasteiger charge is -2.25. The van der Waals surface area contributed by atoms with Gasteiger partial charge in [-0.25, -0.2) is 4.79 Å². The fourth-order valence-electron chi connectivity index (χ4n) is 2.37. The van der Waals surface area contributed by atoms with Gasteiger partial charge in [-0.2, -0.15) is 0 Å². The van der Waals surface area contributed by atoms with Crippen LogP contribution >= 0.6 is 0 Å². The van der Waals surface area contributed by atoms with E-state index in [4.69, 9.17) is 0 Å². The molecule has 0 bridgehead atoms. The quantitative estimate of drug-likeness (QED) is 0.732. The van der Waals surface area contributed by atoms with Crippen LogP contribution in [0.15, 0.2) is 0 Å². The van der Waals surface area contributed by atoms with Gasteiger partial charge in [-0.05, 0) is 46.1 Å². The predicted octanol–water partition coefficient (Wildman–Crippen LogP) is 2.00. The maximum Gasteiger partial charge on any atom is 0.406 e. The van der Waals surface area contributed by atoms with Gasteiger partial charge in [0.15, 0.2) is 0 Å². The van der Waals surface area contributed by atoms with Crippen molar-refractivity contribution < 1.29 is 9.53 Å². The third-order valence-electron chi connectivity index (χ3n) is 3.43. The molecule has 16 heavy (non-hydrogen) atoms. The first-order valence-corrected chi connectivity index (χ1v) is 6.22. The fraction of sp³-hybridized carbons (Fsp3) is 0.917. The number of likely N-dealkylation sites (tertiary alicyclic amines) is 1. The van der Waals surface area contributed by atoms with Crippen LogP contribution < -0.4 is 5.32 Å². The fourth-order valence-corrected chi connectivity index (χ4v) is 2.37. The van der Waals surface area contributed by atoms with Crippen LogP contribution in [-0.2, 0) is 4.74 Å². The molecule has 1 aliphatic heterocycles. The molecule has 1 aliphatic rings. The van der Waals surface area contributed by atoms with E-state index in [0.717, 1.165) is 31.5 Å². The minimum absolute atomic E-state index is 0.331. The second kappa shape index (κ2) is 6.74. The number of hydrogen-bond donors (Lipinski definition) is 1. The molecule has 1 heterocycles. The number of unbranched alkanes of at least 4 members (excludes halogenated alkanes) is 1. The second-order valence-corrected chi connectivity index (χ2v) is 4.64. The van der Waals surface area contributed by atoms with Crippen LogP contribution in [0.1, 0.15) is 39.5 Å². The largest absolute Gasteiger partial charge is 0.453 e. The first-order valence-electron chi connectivity index (χ1n) is 6.22. The first-order chi connectivity index (χ1) is 7.65. The Hall–Kier alpha value is -0.770. The highest BCUT2D eigenvalue weighted by atomic mass is 16.5. The van der Waals surface area contributed by atoms with E-state index in [1.54, 1.807) is 0 Å². The Morgan fingerprint density at radius 3 is 2.50 bits per heavy atom. The van der Waals surface area contributed by atoms with Gasteiger partial charge in [0.25, 0.3) is 0 Å². The normalized spacial score (nSPS) is 25.7. The maximum absolute atomic E-state index is 10.8. The molecule has 0 saturated carbocycles. The van der Waals surface area contributed by atoms with E-state index in [9.17, 15) is 4.79 Å². The summed E-state index contributed by atoms with van der Waals surface area (Å²) in [5.41, 5.74) is 0. The Morgan fingerprint density at radius 1 is 1.31 bits per heavy atom. The Kier molecular flexibility index (Phi) is 5.60. The van der Waals surface area contributed by atoms with Crippen LogP contribution in [0.25, 0.3) is 0 Å². The monoisotopic (exact) mass is 228 g/mol. The molecule has 0 unspecified atom stereocenters. The zero-order valence-corrected chi connectivity index (χ0v) is 10.7. The molecule has 1 rings (SSSR count). The molecular formula is C12H24N2O2. The van der Waals surface area contributed by atoms with Crippen molar-refractivity contribution in [2.45, 2.75) is 51.6 Å². The van der Waals surface area contributed by atoms with Crippen LogP contribution in [0.4, 0.5) is 4.79 Å². The lowest BCUT2D eigenvalue weighted by Crippen LogP contribution is -2.34. The molecule has 1 fully saturated rings. The molecule has 94 valence electrons. The number of carbonyl (C=O) groups excluding carboxylic acids is 1. The van der Waals surface area contributed by atoms with E-state index < -0.39 is 0 Å². The summed E-state index contributed by atoms with van der Waals surface area (Å²) >= 11 is 0. The van der Waals surface area contributed by atoms with Crippen molar-refractivity contribution in [2.75, 3.05) is 20.2 Å². The lowest BCUT2D eigenvalue weighted by atomic mass is 10.2. The highest BCUT2D eigenvalue weighted by Crippen LogP contribution is 2.23. The Morgan fingerprint density at radius 2 is 1.94 bits per heavy atom. The molecule has 0 spiro atoms. The number of nitrogens with zero attached hydrogens (tertiary/aromatic N) is 1. The molecule has 4 heteroatoms. The average Bonchev–Trinajstić information content (AvgIpc) is 2.59. The molecule has 4 nitrogen and oxygen atoms in total. The van der Waals surface area contributed by atoms with Gasteiger partial charge in [0.05, 0.1) is 7.11 Å². The van der Waals surface area contributed by atoms with Crippen molar-refractivity contribution in [1.82, 2.24) is 10.2 Å². The molecule has 1 saturated heterocycles. The second-order valence-electron chi connectivity index (χ2n) is 4.64. The van der Waals surface area contributed by atoms with Gasteiger partial charge >= 0.3 is 6.09 Å². The van der Waals surface area contributed by atoms with Crippen LogP contribution in [0.2, 0.25) is 0 Å². The van der Waals surface area contributed by atoms with Crippen molar-refractivity contribution in [3.05, 3.63) is 0 Å². The maximum atomic E-state index is 10.8. The lowest BCUT2D eigenvalue weighted by molar-refractivity contribution is 0.170. The van der Waals surface area contributed by atoms with Crippen molar-refractivity contribution in [3.8, 4) is 0 Å². The standard InChI is InChI=1S/C12H24N2O2/c1-10-6-7-11(2)14(10)9-5-4-8-13-12(15)16-3/h10-11H,4-9H2,1-3H3,(H,13,15)/t10-,11+. The third-order valence-corrected chi connectivity index (χ3v) is 3.43. The molecule has 0 radical (unpaired) electrons. The van der Waals surface area contributed by atoms with Gasteiger partial charge in [-0.3, -0.25) is 4.90 Å². The number of carbonyl (C=O) groups is 1.